The summed E-state index contributed by atoms with van der Waals surface area (Å²) in [6.45, 7) is 6.06. The van der Waals surface area contributed by atoms with E-state index in [-0.39, 0.29) is 0 Å². The molecule has 0 saturated heterocycles. The molecule has 0 spiro atoms. The van der Waals surface area contributed by atoms with Crippen molar-refractivity contribution in [3.63, 3.8) is 0 Å². The molecule has 0 aliphatic heterocycles. The van der Waals surface area contributed by atoms with E-state index in [4.69, 9.17) is 4.42 Å². The molecule has 106 valence electrons. The summed E-state index contributed by atoms with van der Waals surface area (Å²) in [6, 6.07) is 13.9. The monoisotopic (exact) mass is 279 g/mol. The second-order valence-corrected chi connectivity index (χ2v) is 5.42. The number of fused-ring (bicyclic) bond motifs is 1. The fourth-order valence-electron chi connectivity index (χ4n) is 2.62. The largest absolute Gasteiger partial charge is 0.456 e. The van der Waals surface area contributed by atoms with Crippen molar-refractivity contribution < 1.29 is 9.62 Å². The van der Waals surface area contributed by atoms with E-state index in [2.05, 4.69) is 11.2 Å². The molecule has 1 N–H and O–H groups in total. The Bertz CT molecular complexity index is 874. The van der Waals surface area contributed by atoms with E-state index < -0.39 is 0 Å². The van der Waals surface area contributed by atoms with Crippen LogP contribution in [0.3, 0.4) is 0 Å². The van der Waals surface area contributed by atoms with Crippen molar-refractivity contribution in [3.05, 3.63) is 64.5 Å². The summed E-state index contributed by atoms with van der Waals surface area (Å²) < 4.78 is 6.02. The molecule has 3 aromatic rings. The average Bonchev–Trinajstić information content (AvgIpc) is 2.46. The van der Waals surface area contributed by atoms with Crippen molar-refractivity contribution in [2.75, 3.05) is 0 Å². The smallest absolute Gasteiger partial charge is 0.137 e. The van der Waals surface area contributed by atoms with Gasteiger partial charge in [-0.15, -0.1) is 0 Å². The van der Waals surface area contributed by atoms with Gasteiger partial charge in [0.05, 0.1) is 0 Å². The van der Waals surface area contributed by atoms with Crippen LogP contribution in [-0.4, -0.2) is 5.21 Å². The highest BCUT2D eigenvalue weighted by Crippen LogP contribution is 2.25. The molecule has 21 heavy (non-hydrogen) atoms. The molecule has 3 rings (SSSR count). The van der Waals surface area contributed by atoms with E-state index in [0.717, 1.165) is 27.7 Å². The maximum absolute atomic E-state index is 9.33. The molecule has 0 atom stereocenters. The highest BCUT2D eigenvalue weighted by molar-refractivity contribution is 5.82. The molecule has 3 heteroatoms. The lowest BCUT2D eigenvalue weighted by atomic mass is 10.0. The minimum absolute atomic E-state index is 0.532. The van der Waals surface area contributed by atoms with Crippen LogP contribution in [0, 0.1) is 20.8 Å². The topological polar surface area (TPSA) is 45.7 Å². The Morgan fingerprint density at radius 3 is 2.29 bits per heavy atom. The van der Waals surface area contributed by atoms with Gasteiger partial charge in [0.1, 0.15) is 16.7 Å². The number of rotatable bonds is 1. The minimum atomic E-state index is 0.532. The highest BCUT2D eigenvalue weighted by Gasteiger charge is 2.09. The summed E-state index contributed by atoms with van der Waals surface area (Å²) in [7, 11) is 0. The van der Waals surface area contributed by atoms with E-state index in [1.54, 1.807) is 6.07 Å². The molecular formula is C18H17NO2. The molecule has 1 heterocycles. The number of hydrogen-bond acceptors (Lipinski definition) is 3. The molecule has 1 aromatic heterocycles. The van der Waals surface area contributed by atoms with Crippen LogP contribution in [0.25, 0.3) is 22.3 Å². The predicted octanol–water partition coefficient (Wildman–Crippen LogP) is 4.31. The van der Waals surface area contributed by atoms with Crippen LogP contribution in [0.15, 0.2) is 52.0 Å². The van der Waals surface area contributed by atoms with E-state index in [1.807, 2.05) is 51.1 Å². The van der Waals surface area contributed by atoms with Crippen molar-refractivity contribution in [2.45, 2.75) is 20.8 Å². The van der Waals surface area contributed by atoms with Gasteiger partial charge in [-0.05, 0) is 38.0 Å². The van der Waals surface area contributed by atoms with Crippen molar-refractivity contribution in [1.82, 2.24) is 0 Å². The third-order valence-corrected chi connectivity index (χ3v) is 3.63. The molecule has 0 bridgehead atoms. The van der Waals surface area contributed by atoms with E-state index in [0.29, 0.717) is 11.1 Å². The van der Waals surface area contributed by atoms with E-state index >= 15 is 0 Å². The van der Waals surface area contributed by atoms with Crippen LogP contribution in [0.5, 0.6) is 0 Å². The zero-order valence-electron chi connectivity index (χ0n) is 12.3. The van der Waals surface area contributed by atoms with Gasteiger partial charge in [0.2, 0.25) is 0 Å². The van der Waals surface area contributed by atoms with E-state index in [1.165, 1.54) is 5.56 Å². The lowest BCUT2D eigenvalue weighted by molar-refractivity contribution is 0.302. The van der Waals surface area contributed by atoms with Gasteiger partial charge in [-0.1, -0.05) is 41.1 Å². The number of nitrogens with zero attached hydrogens (tertiary/aromatic N) is 1. The molecule has 0 aliphatic carbocycles. The van der Waals surface area contributed by atoms with Gasteiger partial charge in [-0.25, -0.2) is 0 Å². The Hall–Kier alpha value is -2.55. The van der Waals surface area contributed by atoms with Crippen LogP contribution in [0.1, 0.15) is 16.7 Å². The average molecular weight is 279 g/mol. The second kappa shape index (κ2) is 5.09. The standard InChI is InChI=1S/C18H17NO2/c1-11-4-6-14(7-5-11)16-10-15(19-20)18-13(3)8-12(2)9-17(18)21-16/h4-10,20H,1-3H3/b19-15+. The Kier molecular flexibility index (Phi) is 3.26. The Morgan fingerprint density at radius 2 is 1.62 bits per heavy atom. The van der Waals surface area contributed by atoms with Gasteiger partial charge in [-0.2, -0.15) is 0 Å². The van der Waals surface area contributed by atoms with Crippen molar-refractivity contribution >= 4 is 11.0 Å². The Morgan fingerprint density at radius 1 is 0.905 bits per heavy atom. The first-order valence-corrected chi connectivity index (χ1v) is 6.89. The summed E-state index contributed by atoms with van der Waals surface area (Å²) in [6.07, 6.45) is 0. The SMILES string of the molecule is Cc1ccc(-c2c/c(=N\O)c3c(C)cc(C)cc3o2)cc1. The first-order valence-electron chi connectivity index (χ1n) is 6.89. The maximum Gasteiger partial charge on any atom is 0.137 e. The summed E-state index contributed by atoms with van der Waals surface area (Å²) in [5.41, 5.74) is 5.05. The van der Waals surface area contributed by atoms with Gasteiger partial charge in [-0.3, -0.25) is 0 Å². The second-order valence-electron chi connectivity index (χ2n) is 5.42. The zero-order valence-corrected chi connectivity index (χ0v) is 12.3. The molecule has 0 fully saturated rings. The minimum Gasteiger partial charge on any atom is -0.456 e. The molecule has 3 nitrogen and oxygen atoms in total. The van der Waals surface area contributed by atoms with E-state index in [9.17, 15) is 5.21 Å². The fraction of sp³-hybridized carbons (Fsp3) is 0.167. The van der Waals surface area contributed by atoms with Crippen molar-refractivity contribution in [1.29, 1.82) is 0 Å². The summed E-state index contributed by atoms with van der Waals surface area (Å²) in [5.74, 6) is 0.695. The summed E-state index contributed by atoms with van der Waals surface area (Å²) in [4.78, 5) is 0. The van der Waals surface area contributed by atoms with Crippen LogP contribution in [0.4, 0.5) is 0 Å². The third kappa shape index (κ3) is 2.42. The predicted molar refractivity (Wildman–Crippen MR) is 83.2 cm³/mol. The van der Waals surface area contributed by atoms with Gasteiger partial charge in [0.25, 0.3) is 0 Å². The van der Waals surface area contributed by atoms with Gasteiger partial charge in [0.15, 0.2) is 0 Å². The van der Waals surface area contributed by atoms with Gasteiger partial charge >= 0.3 is 0 Å². The van der Waals surface area contributed by atoms with Crippen LogP contribution in [0.2, 0.25) is 0 Å². The summed E-state index contributed by atoms with van der Waals surface area (Å²) in [5, 5.41) is 14.1. The van der Waals surface area contributed by atoms with Crippen LogP contribution in [-0.2, 0) is 0 Å². The molecule has 0 saturated carbocycles. The zero-order chi connectivity index (χ0) is 15.0. The molecule has 0 unspecified atom stereocenters. The van der Waals surface area contributed by atoms with Gasteiger partial charge in [0, 0.05) is 17.0 Å². The highest BCUT2D eigenvalue weighted by atomic mass is 16.4. The summed E-state index contributed by atoms with van der Waals surface area (Å²) >= 11 is 0. The fourth-order valence-corrected chi connectivity index (χ4v) is 2.62. The normalized spacial score (nSPS) is 12.0. The number of benzene rings is 2. The quantitative estimate of drug-likeness (QED) is 0.532. The number of aryl methyl sites for hydroxylation is 3. The lowest BCUT2D eigenvalue weighted by Gasteiger charge is -2.07. The first-order chi connectivity index (χ1) is 10.1. The first kappa shape index (κ1) is 13.4. The van der Waals surface area contributed by atoms with Crippen LogP contribution >= 0.6 is 0 Å². The molecule has 0 aliphatic rings. The Balaban J connectivity index is 2.34. The van der Waals surface area contributed by atoms with Gasteiger partial charge < -0.3 is 9.62 Å². The van der Waals surface area contributed by atoms with Crippen molar-refractivity contribution in [2.24, 2.45) is 5.16 Å². The Labute approximate surface area is 123 Å². The van der Waals surface area contributed by atoms with Crippen LogP contribution < -0.4 is 5.36 Å². The van der Waals surface area contributed by atoms with Crippen molar-refractivity contribution in [3.8, 4) is 11.3 Å². The maximum atomic E-state index is 9.33. The third-order valence-electron chi connectivity index (χ3n) is 3.63. The lowest BCUT2D eigenvalue weighted by Crippen LogP contribution is -2.05. The molecular weight excluding hydrogens is 262 g/mol. The molecule has 2 aromatic carbocycles. The molecule has 0 radical (unpaired) electrons. The molecule has 0 amide bonds. The number of hydrogen-bond donors (Lipinski definition) is 1.